The quantitative estimate of drug-likeness (QED) is 0.847. The summed E-state index contributed by atoms with van der Waals surface area (Å²) in [6.07, 6.45) is 3.11. The van der Waals surface area contributed by atoms with Crippen molar-refractivity contribution >= 4 is 11.9 Å². The number of nitrogens with zero attached hydrogens (tertiary/aromatic N) is 2. The molecule has 25 heavy (non-hydrogen) atoms. The first-order chi connectivity index (χ1) is 11.8. The Morgan fingerprint density at radius 3 is 2.56 bits per heavy atom. The van der Waals surface area contributed by atoms with Crippen molar-refractivity contribution in [2.75, 3.05) is 20.1 Å². The number of nitrogens with one attached hydrogen (secondary N) is 1. The number of likely N-dealkylation sites (tertiary alicyclic amines) is 2. The number of rotatable bonds is 3. The van der Waals surface area contributed by atoms with Crippen LogP contribution in [-0.4, -0.2) is 57.4 Å². The highest BCUT2D eigenvalue weighted by Crippen LogP contribution is 2.42. The van der Waals surface area contributed by atoms with E-state index in [4.69, 9.17) is 0 Å². The van der Waals surface area contributed by atoms with Gasteiger partial charge in [0.05, 0.1) is 11.5 Å². The topological polar surface area (TPSA) is 93.7 Å². The van der Waals surface area contributed by atoms with Crippen LogP contribution in [0.2, 0.25) is 0 Å². The van der Waals surface area contributed by atoms with Crippen molar-refractivity contribution in [1.29, 1.82) is 0 Å². The van der Waals surface area contributed by atoms with E-state index in [9.17, 15) is 19.5 Å². The van der Waals surface area contributed by atoms with Crippen LogP contribution in [0.1, 0.15) is 36.1 Å². The number of aryl methyl sites for hydroxylation is 1. The number of H-pyrrole nitrogens is 1. The molecule has 3 heterocycles. The number of hydrogen-bond donors (Lipinski definition) is 2. The molecule has 1 spiro atoms. The summed E-state index contributed by atoms with van der Waals surface area (Å²) in [7, 11) is 1.72. The third kappa shape index (κ3) is 2.86. The molecule has 1 amide bonds. The zero-order valence-corrected chi connectivity index (χ0v) is 15.0. The molecule has 1 aromatic heterocycles. The second-order valence-corrected chi connectivity index (χ2v) is 7.33. The number of aromatic amines is 1. The minimum atomic E-state index is -0.884. The number of pyridine rings is 1. The molecule has 7 heteroatoms. The lowest BCUT2D eigenvalue weighted by atomic mass is 9.77. The SMILES string of the molecule is Cc1c[nH]c(CN2CCC3(CC2)[C@@H](C(=O)O)CC(=O)N3C)c(C)c1=O. The fourth-order valence-corrected chi connectivity index (χ4v) is 4.27. The number of carbonyl (C=O) groups is 2. The van der Waals surface area contributed by atoms with Crippen LogP contribution in [0.4, 0.5) is 0 Å². The molecule has 2 N–H and O–H groups in total. The highest BCUT2D eigenvalue weighted by Gasteiger charge is 2.55. The molecular weight excluding hydrogens is 322 g/mol. The lowest BCUT2D eigenvalue weighted by Crippen LogP contribution is -2.56. The van der Waals surface area contributed by atoms with E-state index in [-0.39, 0.29) is 17.8 Å². The summed E-state index contributed by atoms with van der Waals surface area (Å²) in [4.78, 5) is 42.8. The summed E-state index contributed by atoms with van der Waals surface area (Å²) in [6, 6.07) is 0. The molecule has 2 fully saturated rings. The average Bonchev–Trinajstić information content (AvgIpc) is 2.83. The summed E-state index contributed by atoms with van der Waals surface area (Å²) >= 11 is 0. The third-order valence-corrected chi connectivity index (χ3v) is 6.09. The minimum Gasteiger partial charge on any atom is -0.481 e. The van der Waals surface area contributed by atoms with Crippen LogP contribution in [0, 0.1) is 19.8 Å². The molecule has 7 nitrogen and oxygen atoms in total. The molecule has 1 aromatic rings. The fourth-order valence-electron chi connectivity index (χ4n) is 4.27. The molecule has 0 saturated carbocycles. The smallest absolute Gasteiger partial charge is 0.309 e. The Labute approximate surface area is 146 Å². The van der Waals surface area contributed by atoms with Gasteiger partial charge in [0.15, 0.2) is 5.43 Å². The molecule has 1 atom stereocenters. The normalized spacial score (nSPS) is 23.4. The molecule has 0 unspecified atom stereocenters. The molecule has 2 saturated heterocycles. The first kappa shape index (κ1) is 17.7. The Balaban J connectivity index is 1.74. The van der Waals surface area contributed by atoms with Gasteiger partial charge in [-0.1, -0.05) is 0 Å². The van der Waals surface area contributed by atoms with Crippen molar-refractivity contribution in [3.05, 3.63) is 33.2 Å². The van der Waals surface area contributed by atoms with Gasteiger partial charge < -0.3 is 15.0 Å². The molecule has 136 valence electrons. The predicted octanol–water partition coefficient (Wildman–Crippen LogP) is 0.889. The van der Waals surface area contributed by atoms with E-state index in [1.54, 1.807) is 25.1 Å². The van der Waals surface area contributed by atoms with Crippen molar-refractivity contribution in [1.82, 2.24) is 14.8 Å². The number of aliphatic carboxylic acids is 1. The van der Waals surface area contributed by atoms with E-state index in [0.29, 0.717) is 38.0 Å². The van der Waals surface area contributed by atoms with Crippen molar-refractivity contribution < 1.29 is 14.7 Å². The van der Waals surface area contributed by atoms with Crippen LogP contribution in [0.15, 0.2) is 11.0 Å². The molecule has 0 aromatic carbocycles. The Morgan fingerprint density at radius 2 is 1.96 bits per heavy atom. The van der Waals surface area contributed by atoms with E-state index in [0.717, 1.165) is 11.3 Å². The molecule has 0 aliphatic carbocycles. The third-order valence-electron chi connectivity index (χ3n) is 6.09. The zero-order chi connectivity index (χ0) is 18.4. The minimum absolute atomic E-state index is 0.0642. The van der Waals surface area contributed by atoms with Gasteiger partial charge in [0, 0.05) is 56.1 Å². The number of piperidine rings is 1. The van der Waals surface area contributed by atoms with Crippen LogP contribution in [0.3, 0.4) is 0 Å². The van der Waals surface area contributed by atoms with Crippen molar-refractivity contribution in [2.45, 2.75) is 45.2 Å². The van der Waals surface area contributed by atoms with Crippen molar-refractivity contribution in [3.63, 3.8) is 0 Å². The van der Waals surface area contributed by atoms with E-state index >= 15 is 0 Å². The van der Waals surface area contributed by atoms with Gasteiger partial charge in [0.25, 0.3) is 0 Å². The largest absolute Gasteiger partial charge is 0.481 e. The number of hydrogen-bond acceptors (Lipinski definition) is 4. The molecule has 3 rings (SSSR count). The van der Waals surface area contributed by atoms with Crippen LogP contribution < -0.4 is 5.43 Å². The van der Waals surface area contributed by atoms with Crippen molar-refractivity contribution in [3.8, 4) is 0 Å². The van der Waals surface area contributed by atoms with E-state index in [1.165, 1.54) is 0 Å². The molecular formula is C18H25N3O4. The van der Waals surface area contributed by atoms with Gasteiger partial charge in [-0.25, -0.2) is 0 Å². The maximum atomic E-state index is 12.1. The van der Waals surface area contributed by atoms with Crippen LogP contribution in [0.5, 0.6) is 0 Å². The van der Waals surface area contributed by atoms with Gasteiger partial charge in [0.2, 0.25) is 5.91 Å². The average molecular weight is 347 g/mol. The summed E-state index contributed by atoms with van der Waals surface area (Å²) in [5.41, 5.74) is 1.83. The van der Waals surface area contributed by atoms with Gasteiger partial charge in [-0.05, 0) is 26.7 Å². The van der Waals surface area contributed by atoms with Crippen LogP contribution >= 0.6 is 0 Å². The lowest BCUT2D eigenvalue weighted by Gasteiger charge is -2.45. The van der Waals surface area contributed by atoms with E-state index < -0.39 is 17.4 Å². The van der Waals surface area contributed by atoms with Crippen LogP contribution in [0.25, 0.3) is 0 Å². The number of carboxylic acids is 1. The van der Waals surface area contributed by atoms with Crippen LogP contribution in [-0.2, 0) is 16.1 Å². The second-order valence-electron chi connectivity index (χ2n) is 7.33. The Hall–Kier alpha value is -2.15. The van der Waals surface area contributed by atoms with Gasteiger partial charge in [-0.15, -0.1) is 0 Å². The molecule has 2 aliphatic rings. The maximum Gasteiger partial charge on any atom is 0.309 e. The van der Waals surface area contributed by atoms with Gasteiger partial charge in [-0.2, -0.15) is 0 Å². The fraction of sp³-hybridized carbons (Fsp3) is 0.611. The number of carboxylic acid groups (broad SMARTS) is 1. The van der Waals surface area contributed by atoms with Gasteiger partial charge in [-0.3, -0.25) is 19.3 Å². The highest BCUT2D eigenvalue weighted by atomic mass is 16.4. The number of aromatic nitrogens is 1. The zero-order valence-electron chi connectivity index (χ0n) is 15.0. The standard InChI is InChI=1S/C18H25N3O4/c1-11-9-19-14(12(2)16(11)23)10-21-6-4-18(5-7-21)13(17(24)25)8-15(22)20(18)3/h9,13H,4-8,10H2,1-3H3,(H,19,23)(H,24,25)/t13-/m1/s1. The first-order valence-electron chi connectivity index (χ1n) is 8.66. The monoisotopic (exact) mass is 347 g/mol. The van der Waals surface area contributed by atoms with E-state index in [1.807, 2.05) is 6.92 Å². The first-order valence-corrected chi connectivity index (χ1v) is 8.66. The van der Waals surface area contributed by atoms with Gasteiger partial charge in [0.1, 0.15) is 0 Å². The number of amides is 1. The number of carbonyl (C=O) groups excluding carboxylic acids is 1. The maximum absolute atomic E-state index is 12.1. The Bertz CT molecular complexity index is 762. The summed E-state index contributed by atoms with van der Waals surface area (Å²) in [5, 5.41) is 9.53. The molecule has 2 aliphatic heterocycles. The lowest BCUT2D eigenvalue weighted by molar-refractivity contribution is -0.146. The summed E-state index contributed by atoms with van der Waals surface area (Å²) < 4.78 is 0. The van der Waals surface area contributed by atoms with E-state index in [2.05, 4.69) is 9.88 Å². The highest BCUT2D eigenvalue weighted by molar-refractivity contribution is 5.88. The Kier molecular flexibility index (Phi) is 4.45. The summed E-state index contributed by atoms with van der Waals surface area (Å²) in [5.74, 6) is -1.60. The molecule has 0 bridgehead atoms. The van der Waals surface area contributed by atoms with Gasteiger partial charge >= 0.3 is 5.97 Å². The second kappa shape index (κ2) is 6.29. The summed E-state index contributed by atoms with van der Waals surface area (Å²) in [6.45, 7) is 5.66. The Morgan fingerprint density at radius 1 is 1.32 bits per heavy atom. The molecule has 0 radical (unpaired) electrons. The predicted molar refractivity (Wildman–Crippen MR) is 92.3 cm³/mol. The van der Waals surface area contributed by atoms with Crippen molar-refractivity contribution in [2.24, 2.45) is 5.92 Å².